The lowest BCUT2D eigenvalue weighted by molar-refractivity contribution is 0.397. The van der Waals surface area contributed by atoms with Crippen molar-refractivity contribution in [1.82, 2.24) is 15.0 Å². The molecular formula is C11H19N3O3S. The molecule has 0 aliphatic rings. The number of hydrogen-bond acceptors (Lipinski definition) is 5. The Kier molecular flexibility index (Phi) is 5.52. The molecule has 6 nitrogen and oxygen atoms in total. The van der Waals surface area contributed by atoms with Gasteiger partial charge >= 0.3 is 0 Å². The van der Waals surface area contributed by atoms with Crippen molar-refractivity contribution in [1.29, 1.82) is 0 Å². The van der Waals surface area contributed by atoms with Crippen LogP contribution in [0.1, 0.15) is 13.8 Å². The lowest BCUT2D eigenvalue weighted by atomic mass is 10.3. The normalized spacial score (nSPS) is 13.3. The minimum Gasteiger partial charge on any atom is -0.481 e. The van der Waals surface area contributed by atoms with Gasteiger partial charge in [0, 0.05) is 18.7 Å². The van der Waals surface area contributed by atoms with E-state index in [2.05, 4.69) is 15.0 Å². The summed E-state index contributed by atoms with van der Waals surface area (Å²) in [6.07, 6.45) is 1.28. The van der Waals surface area contributed by atoms with Crippen molar-refractivity contribution < 1.29 is 13.2 Å². The Labute approximate surface area is 108 Å². The molecule has 1 aromatic rings. The van der Waals surface area contributed by atoms with E-state index in [1.807, 2.05) is 13.8 Å². The van der Waals surface area contributed by atoms with Crippen LogP contribution in [-0.2, 0) is 10.0 Å². The zero-order valence-electron chi connectivity index (χ0n) is 10.8. The molecule has 0 amide bonds. The van der Waals surface area contributed by atoms with Crippen LogP contribution in [0.25, 0.3) is 0 Å². The third-order valence-electron chi connectivity index (χ3n) is 2.36. The number of rotatable bonds is 7. The van der Waals surface area contributed by atoms with E-state index in [0.29, 0.717) is 12.4 Å². The molecule has 0 saturated heterocycles. The molecular weight excluding hydrogens is 254 g/mol. The van der Waals surface area contributed by atoms with Gasteiger partial charge in [-0.15, -0.1) is 0 Å². The molecule has 0 aliphatic carbocycles. The SMILES string of the molecule is CCN[C@H](C)CNS(=O)(=O)c1ccc(OC)nc1. The van der Waals surface area contributed by atoms with E-state index in [1.54, 1.807) is 0 Å². The molecule has 2 N–H and O–H groups in total. The number of likely N-dealkylation sites (N-methyl/N-ethyl adjacent to an activating group) is 1. The van der Waals surface area contributed by atoms with Gasteiger partial charge in [0.05, 0.1) is 13.3 Å². The van der Waals surface area contributed by atoms with Gasteiger partial charge in [0.2, 0.25) is 15.9 Å². The van der Waals surface area contributed by atoms with Crippen LogP contribution in [0.2, 0.25) is 0 Å². The molecule has 0 fully saturated rings. The van der Waals surface area contributed by atoms with Crippen molar-refractivity contribution in [2.75, 3.05) is 20.2 Å². The molecule has 102 valence electrons. The molecule has 1 atom stereocenters. The van der Waals surface area contributed by atoms with Crippen LogP contribution in [0.15, 0.2) is 23.2 Å². The molecule has 0 unspecified atom stereocenters. The number of hydrogen-bond donors (Lipinski definition) is 2. The fraction of sp³-hybridized carbons (Fsp3) is 0.545. The van der Waals surface area contributed by atoms with Gasteiger partial charge in [-0.25, -0.2) is 18.1 Å². The first-order valence-electron chi connectivity index (χ1n) is 5.72. The molecule has 0 saturated carbocycles. The number of nitrogens with zero attached hydrogens (tertiary/aromatic N) is 1. The van der Waals surface area contributed by atoms with Gasteiger partial charge in [-0.1, -0.05) is 6.92 Å². The molecule has 1 rings (SSSR count). The number of nitrogens with one attached hydrogen (secondary N) is 2. The quantitative estimate of drug-likeness (QED) is 0.750. The lowest BCUT2D eigenvalue weighted by Crippen LogP contribution is -2.38. The molecule has 18 heavy (non-hydrogen) atoms. The van der Waals surface area contributed by atoms with Crippen molar-refractivity contribution in [3.63, 3.8) is 0 Å². The van der Waals surface area contributed by atoms with Gasteiger partial charge in [-0.2, -0.15) is 0 Å². The Bertz CT molecular complexity index is 459. The topological polar surface area (TPSA) is 80.3 Å². The van der Waals surface area contributed by atoms with Crippen molar-refractivity contribution in [3.8, 4) is 5.88 Å². The monoisotopic (exact) mass is 273 g/mol. The number of sulfonamides is 1. The minimum atomic E-state index is -3.51. The zero-order chi connectivity index (χ0) is 13.6. The molecule has 0 radical (unpaired) electrons. The van der Waals surface area contributed by atoms with Crippen LogP contribution in [-0.4, -0.2) is 39.6 Å². The smallest absolute Gasteiger partial charge is 0.242 e. The molecule has 0 spiro atoms. The number of aromatic nitrogens is 1. The van der Waals surface area contributed by atoms with E-state index in [-0.39, 0.29) is 10.9 Å². The van der Waals surface area contributed by atoms with Crippen molar-refractivity contribution in [3.05, 3.63) is 18.3 Å². The number of methoxy groups -OCH3 is 1. The predicted octanol–water partition coefficient (Wildman–Crippen LogP) is 0.367. The second kappa shape index (κ2) is 6.67. The summed E-state index contributed by atoms with van der Waals surface area (Å²) in [6, 6.07) is 3.06. The van der Waals surface area contributed by atoms with Crippen LogP contribution in [0, 0.1) is 0 Å². The highest BCUT2D eigenvalue weighted by atomic mass is 32.2. The molecule has 0 bridgehead atoms. The summed E-state index contributed by atoms with van der Waals surface area (Å²) in [6.45, 7) is 5.02. The first-order valence-corrected chi connectivity index (χ1v) is 7.21. The van der Waals surface area contributed by atoms with Gasteiger partial charge in [0.15, 0.2) is 0 Å². The van der Waals surface area contributed by atoms with E-state index in [0.717, 1.165) is 6.54 Å². The summed E-state index contributed by atoms with van der Waals surface area (Å²) in [4.78, 5) is 4.00. The summed E-state index contributed by atoms with van der Waals surface area (Å²) >= 11 is 0. The highest BCUT2D eigenvalue weighted by molar-refractivity contribution is 7.89. The largest absolute Gasteiger partial charge is 0.481 e. The zero-order valence-corrected chi connectivity index (χ0v) is 11.6. The standard InChI is InChI=1S/C11H19N3O3S/c1-4-12-9(2)7-14-18(15,16)10-5-6-11(17-3)13-8-10/h5-6,8-9,12,14H,4,7H2,1-3H3/t9-/m1/s1. The van der Waals surface area contributed by atoms with Gasteiger partial charge in [0.1, 0.15) is 4.90 Å². The fourth-order valence-electron chi connectivity index (χ4n) is 1.39. The van der Waals surface area contributed by atoms with Gasteiger partial charge in [-0.3, -0.25) is 0 Å². The molecule has 0 aliphatic heterocycles. The fourth-order valence-corrected chi connectivity index (χ4v) is 2.46. The third-order valence-corrected chi connectivity index (χ3v) is 3.77. The number of ether oxygens (including phenoxy) is 1. The Morgan fingerprint density at radius 3 is 2.67 bits per heavy atom. The van der Waals surface area contributed by atoms with Gasteiger partial charge < -0.3 is 10.1 Å². The Hall–Kier alpha value is -1.18. The molecule has 1 heterocycles. The Morgan fingerprint density at radius 1 is 1.44 bits per heavy atom. The minimum absolute atomic E-state index is 0.0796. The van der Waals surface area contributed by atoms with Crippen LogP contribution in [0.4, 0.5) is 0 Å². The molecule has 7 heteroatoms. The second-order valence-corrected chi connectivity index (χ2v) is 5.61. The first kappa shape index (κ1) is 14.9. The lowest BCUT2D eigenvalue weighted by Gasteiger charge is -2.13. The highest BCUT2D eigenvalue weighted by Crippen LogP contribution is 2.11. The second-order valence-electron chi connectivity index (χ2n) is 3.85. The van der Waals surface area contributed by atoms with E-state index in [4.69, 9.17) is 4.74 Å². The summed E-state index contributed by atoms with van der Waals surface area (Å²) < 4.78 is 31.2. The molecule has 1 aromatic heterocycles. The van der Waals surface area contributed by atoms with Gasteiger partial charge in [0.25, 0.3) is 0 Å². The molecule has 0 aromatic carbocycles. The Balaban J connectivity index is 2.67. The number of pyridine rings is 1. The summed E-state index contributed by atoms with van der Waals surface area (Å²) in [7, 11) is -2.03. The van der Waals surface area contributed by atoms with Crippen LogP contribution < -0.4 is 14.8 Å². The summed E-state index contributed by atoms with van der Waals surface area (Å²) in [5.41, 5.74) is 0. The average Bonchev–Trinajstić information content (AvgIpc) is 2.37. The maximum atomic E-state index is 11.9. The predicted molar refractivity (Wildman–Crippen MR) is 69.1 cm³/mol. The maximum absolute atomic E-state index is 11.9. The van der Waals surface area contributed by atoms with E-state index in [9.17, 15) is 8.42 Å². The van der Waals surface area contributed by atoms with E-state index in [1.165, 1.54) is 25.4 Å². The third kappa shape index (κ3) is 4.25. The van der Waals surface area contributed by atoms with Crippen molar-refractivity contribution >= 4 is 10.0 Å². The van der Waals surface area contributed by atoms with Crippen molar-refractivity contribution in [2.45, 2.75) is 24.8 Å². The van der Waals surface area contributed by atoms with Crippen LogP contribution >= 0.6 is 0 Å². The first-order chi connectivity index (χ1) is 8.49. The summed E-state index contributed by atoms with van der Waals surface area (Å²) in [5, 5.41) is 3.13. The van der Waals surface area contributed by atoms with Crippen molar-refractivity contribution in [2.24, 2.45) is 0 Å². The van der Waals surface area contributed by atoms with Gasteiger partial charge in [-0.05, 0) is 19.5 Å². The maximum Gasteiger partial charge on any atom is 0.242 e. The van der Waals surface area contributed by atoms with E-state index < -0.39 is 10.0 Å². The van der Waals surface area contributed by atoms with Crippen LogP contribution in [0.3, 0.4) is 0 Å². The van der Waals surface area contributed by atoms with E-state index >= 15 is 0 Å². The van der Waals surface area contributed by atoms with Crippen LogP contribution in [0.5, 0.6) is 5.88 Å². The summed E-state index contributed by atoms with van der Waals surface area (Å²) in [5.74, 6) is 0.384. The Morgan fingerprint density at radius 2 is 2.17 bits per heavy atom. The average molecular weight is 273 g/mol. The highest BCUT2D eigenvalue weighted by Gasteiger charge is 2.15.